The molecule has 3 rings (SSSR count). The largest absolute Gasteiger partial charge is 0.307 e. The van der Waals surface area contributed by atoms with Crippen molar-refractivity contribution in [3.8, 4) is 0 Å². The third kappa shape index (κ3) is 2.83. The Hall–Kier alpha value is -1.30. The first-order valence-electron chi connectivity index (χ1n) is 6.17. The Balaban J connectivity index is 1.94. The summed E-state index contributed by atoms with van der Waals surface area (Å²) in [5.74, 6) is 8.70. The lowest BCUT2D eigenvalue weighted by atomic mass is 10.2. The van der Waals surface area contributed by atoms with Crippen molar-refractivity contribution in [1.29, 1.82) is 0 Å². The van der Waals surface area contributed by atoms with E-state index in [0.29, 0.717) is 0 Å². The molecule has 2 aromatic rings. The van der Waals surface area contributed by atoms with Gasteiger partial charge in [0, 0.05) is 10.6 Å². The molecule has 0 atom stereocenters. The van der Waals surface area contributed by atoms with Crippen molar-refractivity contribution in [2.75, 3.05) is 5.75 Å². The van der Waals surface area contributed by atoms with Crippen LogP contribution in [0.4, 0.5) is 5.69 Å². The summed E-state index contributed by atoms with van der Waals surface area (Å²) in [5, 5.41) is 0. The Morgan fingerprint density at radius 2 is 2.11 bits per heavy atom. The number of aliphatic imine (C=N–C) groups is 1. The number of thioether (sulfide) groups is 1. The average molecular weight is 289 g/mol. The Labute approximate surface area is 120 Å². The van der Waals surface area contributed by atoms with Crippen LogP contribution in [0.15, 0.2) is 41.4 Å². The number of nitrogens with two attached hydrogens (primary N) is 1. The van der Waals surface area contributed by atoms with Gasteiger partial charge < -0.3 is 5.43 Å². The SMILES string of the molecule is NNC(=Nc1ccccc1)c1cc2c(s1)CCSC2. The summed E-state index contributed by atoms with van der Waals surface area (Å²) < 4.78 is 0. The Bertz CT molecular complexity index is 566. The van der Waals surface area contributed by atoms with Crippen LogP contribution in [-0.4, -0.2) is 11.6 Å². The molecule has 1 aliphatic rings. The number of nitrogens with one attached hydrogen (secondary N) is 1. The molecule has 5 heteroatoms. The molecule has 0 radical (unpaired) electrons. The molecule has 1 aliphatic heterocycles. The number of benzene rings is 1. The first-order chi connectivity index (χ1) is 9.36. The highest BCUT2D eigenvalue weighted by atomic mass is 32.2. The lowest BCUT2D eigenvalue weighted by Gasteiger charge is -2.08. The van der Waals surface area contributed by atoms with Crippen LogP contribution in [0.2, 0.25) is 0 Å². The van der Waals surface area contributed by atoms with Crippen molar-refractivity contribution in [2.45, 2.75) is 12.2 Å². The van der Waals surface area contributed by atoms with Crippen molar-refractivity contribution in [3.63, 3.8) is 0 Å². The summed E-state index contributed by atoms with van der Waals surface area (Å²) in [6, 6.07) is 12.1. The number of amidine groups is 1. The second-order valence-electron chi connectivity index (χ2n) is 4.30. The molecule has 0 saturated heterocycles. The van der Waals surface area contributed by atoms with Crippen molar-refractivity contribution < 1.29 is 0 Å². The van der Waals surface area contributed by atoms with Gasteiger partial charge in [-0.25, -0.2) is 10.8 Å². The smallest absolute Gasteiger partial charge is 0.158 e. The first kappa shape index (κ1) is 12.7. The summed E-state index contributed by atoms with van der Waals surface area (Å²) in [6.45, 7) is 0. The van der Waals surface area contributed by atoms with Gasteiger partial charge in [0.25, 0.3) is 0 Å². The number of nitrogens with zero attached hydrogens (tertiary/aromatic N) is 1. The fourth-order valence-corrected chi connectivity index (χ4v) is 4.38. The van der Waals surface area contributed by atoms with Crippen LogP contribution in [0.5, 0.6) is 0 Å². The molecule has 19 heavy (non-hydrogen) atoms. The maximum Gasteiger partial charge on any atom is 0.158 e. The summed E-state index contributed by atoms with van der Waals surface area (Å²) in [7, 11) is 0. The Kier molecular flexibility index (Phi) is 3.87. The van der Waals surface area contributed by atoms with Crippen LogP contribution >= 0.6 is 23.1 Å². The van der Waals surface area contributed by atoms with Gasteiger partial charge in [-0.15, -0.1) is 11.3 Å². The molecule has 1 aromatic carbocycles. The van der Waals surface area contributed by atoms with E-state index in [9.17, 15) is 0 Å². The number of aryl methyl sites for hydroxylation is 1. The number of para-hydroxylation sites is 1. The maximum absolute atomic E-state index is 5.63. The van der Waals surface area contributed by atoms with Gasteiger partial charge in [-0.05, 0) is 35.9 Å². The molecule has 0 bridgehead atoms. The highest BCUT2D eigenvalue weighted by molar-refractivity contribution is 7.98. The van der Waals surface area contributed by atoms with Gasteiger partial charge in [0.2, 0.25) is 0 Å². The van der Waals surface area contributed by atoms with E-state index in [0.717, 1.165) is 28.6 Å². The van der Waals surface area contributed by atoms with Crippen molar-refractivity contribution in [1.82, 2.24) is 5.43 Å². The lowest BCUT2D eigenvalue weighted by molar-refractivity contribution is 1.03. The van der Waals surface area contributed by atoms with E-state index in [-0.39, 0.29) is 0 Å². The number of hydrogen-bond acceptors (Lipinski definition) is 4. The Morgan fingerprint density at radius 3 is 2.84 bits per heavy atom. The number of hydrogen-bond donors (Lipinski definition) is 2. The zero-order valence-electron chi connectivity index (χ0n) is 10.4. The molecule has 0 amide bonds. The molecule has 1 aromatic heterocycles. The van der Waals surface area contributed by atoms with E-state index >= 15 is 0 Å². The fraction of sp³-hybridized carbons (Fsp3) is 0.214. The summed E-state index contributed by atoms with van der Waals surface area (Å²) >= 11 is 3.79. The molecule has 0 fully saturated rings. The van der Waals surface area contributed by atoms with Gasteiger partial charge in [-0.2, -0.15) is 11.8 Å². The summed E-state index contributed by atoms with van der Waals surface area (Å²) in [5.41, 5.74) is 5.08. The summed E-state index contributed by atoms with van der Waals surface area (Å²) in [6.07, 6.45) is 1.16. The Morgan fingerprint density at radius 1 is 1.26 bits per heavy atom. The topological polar surface area (TPSA) is 50.4 Å². The van der Waals surface area contributed by atoms with Crippen LogP contribution in [0.25, 0.3) is 0 Å². The van der Waals surface area contributed by atoms with Crippen LogP contribution in [-0.2, 0) is 12.2 Å². The normalized spacial score (nSPS) is 15.1. The van der Waals surface area contributed by atoms with Gasteiger partial charge in [-0.3, -0.25) is 0 Å². The highest BCUT2D eigenvalue weighted by Crippen LogP contribution is 2.32. The minimum absolute atomic E-state index is 0.746. The van der Waals surface area contributed by atoms with E-state index in [4.69, 9.17) is 5.84 Å². The van der Waals surface area contributed by atoms with Crippen LogP contribution in [0.3, 0.4) is 0 Å². The molecule has 2 heterocycles. The van der Waals surface area contributed by atoms with E-state index in [2.05, 4.69) is 16.5 Å². The average Bonchev–Trinajstić information content (AvgIpc) is 2.89. The molecule has 3 N–H and O–H groups in total. The zero-order valence-corrected chi connectivity index (χ0v) is 12.1. The van der Waals surface area contributed by atoms with Crippen LogP contribution < -0.4 is 11.3 Å². The maximum atomic E-state index is 5.63. The monoisotopic (exact) mass is 289 g/mol. The third-order valence-corrected chi connectivity index (χ3v) is 5.25. The number of fused-ring (bicyclic) bond motifs is 1. The number of hydrazine groups is 1. The second-order valence-corrected chi connectivity index (χ2v) is 6.54. The molecule has 0 unspecified atom stereocenters. The van der Waals surface area contributed by atoms with Crippen molar-refractivity contribution >= 4 is 34.6 Å². The van der Waals surface area contributed by atoms with Crippen LogP contribution in [0.1, 0.15) is 15.3 Å². The predicted molar refractivity (Wildman–Crippen MR) is 84.1 cm³/mol. The molecule has 0 saturated carbocycles. The van der Waals surface area contributed by atoms with Gasteiger partial charge >= 0.3 is 0 Å². The lowest BCUT2D eigenvalue weighted by Crippen LogP contribution is -2.30. The minimum atomic E-state index is 0.746. The standard InChI is InChI=1S/C14H15N3S2/c15-17-14(16-11-4-2-1-3-5-11)13-8-10-9-18-7-6-12(10)19-13/h1-5,8H,6-7,9,15H2,(H,16,17). The van der Waals surface area contributed by atoms with Crippen LogP contribution in [0, 0.1) is 0 Å². The fourth-order valence-electron chi connectivity index (χ4n) is 2.05. The van der Waals surface area contributed by atoms with E-state index < -0.39 is 0 Å². The van der Waals surface area contributed by atoms with Crippen molar-refractivity contribution in [3.05, 3.63) is 51.7 Å². The first-order valence-corrected chi connectivity index (χ1v) is 8.14. The number of thiophene rings is 1. The van der Waals surface area contributed by atoms with Gasteiger partial charge in [-0.1, -0.05) is 18.2 Å². The quantitative estimate of drug-likeness (QED) is 0.386. The van der Waals surface area contributed by atoms with Gasteiger partial charge in [0.05, 0.1) is 10.6 Å². The minimum Gasteiger partial charge on any atom is -0.307 e. The highest BCUT2D eigenvalue weighted by Gasteiger charge is 2.16. The molecule has 98 valence electrons. The predicted octanol–water partition coefficient (Wildman–Crippen LogP) is 3.08. The van der Waals surface area contributed by atoms with Gasteiger partial charge in [0.1, 0.15) is 0 Å². The summed E-state index contributed by atoms with van der Waals surface area (Å²) in [4.78, 5) is 7.18. The van der Waals surface area contributed by atoms with E-state index in [1.54, 1.807) is 11.3 Å². The third-order valence-electron chi connectivity index (χ3n) is 2.99. The zero-order chi connectivity index (χ0) is 13.1. The second kappa shape index (κ2) is 5.77. The number of rotatable bonds is 2. The molecule has 0 spiro atoms. The molecule has 0 aliphatic carbocycles. The molecular formula is C14H15N3S2. The van der Waals surface area contributed by atoms with Crippen molar-refractivity contribution in [2.24, 2.45) is 10.8 Å². The van der Waals surface area contributed by atoms with Gasteiger partial charge in [0.15, 0.2) is 5.84 Å². The molecule has 3 nitrogen and oxygen atoms in total. The van der Waals surface area contributed by atoms with E-state index in [1.165, 1.54) is 16.2 Å². The molecular weight excluding hydrogens is 274 g/mol. The van der Waals surface area contributed by atoms with E-state index in [1.807, 2.05) is 42.1 Å².